The minimum atomic E-state index is -0.777. The Morgan fingerprint density at radius 3 is 1.67 bits per heavy atom. The van der Waals surface area contributed by atoms with Crippen LogP contribution in [0.1, 0.15) is 0 Å². The van der Waals surface area contributed by atoms with Crippen LogP contribution < -0.4 is 15.5 Å². The molecule has 0 bridgehead atoms. The van der Waals surface area contributed by atoms with Crippen molar-refractivity contribution in [3.8, 4) is 0 Å². The molecule has 0 aliphatic heterocycles. The fraction of sp³-hybridized carbons (Fsp3) is 0.143. The van der Waals surface area contributed by atoms with Gasteiger partial charge in [0.15, 0.2) is 0 Å². The molecular weight excluding hydrogens is 313 g/mol. The maximum Gasteiger partial charge on any atom is 0.0918 e. The van der Waals surface area contributed by atoms with Crippen molar-refractivity contribution in [3.05, 3.63) is 91.0 Å². The molecule has 24 heavy (non-hydrogen) atoms. The van der Waals surface area contributed by atoms with E-state index >= 15 is 0 Å². The van der Waals surface area contributed by atoms with Crippen LogP contribution in [0.3, 0.4) is 0 Å². The van der Waals surface area contributed by atoms with Gasteiger partial charge in [-0.3, -0.25) is 0 Å². The van der Waals surface area contributed by atoms with E-state index in [-0.39, 0.29) is 0 Å². The van der Waals surface area contributed by atoms with Crippen LogP contribution in [-0.2, 0) is 4.52 Å². The van der Waals surface area contributed by atoms with Crippen molar-refractivity contribution in [1.82, 2.24) is 0 Å². The first kappa shape index (κ1) is 16.7. The number of nitrogens with zero attached hydrogens (tertiary/aromatic N) is 1. The molecule has 0 unspecified atom stereocenters. The van der Waals surface area contributed by atoms with Crippen molar-refractivity contribution >= 4 is 24.4 Å². The standard InChI is InChI=1S/C21H22NOP/c1-22(19-11-5-2-6-12-19)17-18-23-24(20-13-7-3-8-14-20)21-15-9-4-10-16-21/h2-16H,17-18H2,1H3. The van der Waals surface area contributed by atoms with E-state index in [4.69, 9.17) is 4.52 Å². The van der Waals surface area contributed by atoms with Gasteiger partial charge in [0.05, 0.1) is 14.8 Å². The Bertz CT molecular complexity index is 679. The average molecular weight is 335 g/mol. The SMILES string of the molecule is CN(CCOP(c1ccccc1)c1ccccc1)c1ccccc1. The largest absolute Gasteiger partial charge is 0.372 e. The Balaban J connectivity index is 1.67. The molecule has 122 valence electrons. The van der Waals surface area contributed by atoms with E-state index < -0.39 is 8.15 Å². The molecule has 0 aliphatic rings. The monoisotopic (exact) mass is 335 g/mol. The van der Waals surface area contributed by atoms with Crippen molar-refractivity contribution in [2.45, 2.75) is 0 Å². The van der Waals surface area contributed by atoms with Crippen molar-refractivity contribution < 1.29 is 4.52 Å². The molecule has 3 aromatic carbocycles. The summed E-state index contributed by atoms with van der Waals surface area (Å²) in [6.07, 6.45) is 0. The first-order valence-corrected chi connectivity index (χ1v) is 9.40. The maximum atomic E-state index is 6.33. The third kappa shape index (κ3) is 4.44. The van der Waals surface area contributed by atoms with Crippen molar-refractivity contribution in [2.24, 2.45) is 0 Å². The smallest absolute Gasteiger partial charge is 0.0918 e. The molecule has 0 aliphatic carbocycles. The Morgan fingerprint density at radius 2 is 1.17 bits per heavy atom. The Hall–Kier alpha value is -2.15. The van der Waals surface area contributed by atoms with Crippen LogP contribution in [0.4, 0.5) is 5.69 Å². The minimum absolute atomic E-state index is 0.695. The van der Waals surface area contributed by atoms with Crippen LogP contribution in [0, 0.1) is 0 Å². The first-order chi connectivity index (χ1) is 11.8. The van der Waals surface area contributed by atoms with Crippen molar-refractivity contribution in [1.29, 1.82) is 0 Å². The molecule has 0 saturated heterocycles. The van der Waals surface area contributed by atoms with Gasteiger partial charge in [0, 0.05) is 29.9 Å². The van der Waals surface area contributed by atoms with Gasteiger partial charge in [-0.05, 0) is 12.1 Å². The molecule has 0 atom stereocenters. The maximum absolute atomic E-state index is 6.33. The lowest BCUT2D eigenvalue weighted by Gasteiger charge is -2.22. The van der Waals surface area contributed by atoms with E-state index in [1.54, 1.807) is 0 Å². The Morgan fingerprint density at radius 1 is 0.708 bits per heavy atom. The molecule has 3 heteroatoms. The highest BCUT2D eigenvalue weighted by atomic mass is 31.1. The van der Waals surface area contributed by atoms with E-state index in [1.165, 1.54) is 16.3 Å². The fourth-order valence-corrected chi connectivity index (χ4v) is 4.25. The van der Waals surface area contributed by atoms with Crippen LogP contribution >= 0.6 is 8.15 Å². The number of likely N-dealkylation sites (N-methyl/N-ethyl adjacent to an activating group) is 1. The van der Waals surface area contributed by atoms with Crippen LogP contribution in [0.15, 0.2) is 91.0 Å². The van der Waals surface area contributed by atoms with Gasteiger partial charge in [-0.1, -0.05) is 78.9 Å². The lowest BCUT2D eigenvalue weighted by atomic mass is 10.3. The summed E-state index contributed by atoms with van der Waals surface area (Å²) in [5.41, 5.74) is 1.21. The van der Waals surface area contributed by atoms with Crippen LogP contribution in [0.2, 0.25) is 0 Å². The summed E-state index contributed by atoms with van der Waals surface area (Å²) >= 11 is 0. The third-order valence-corrected chi connectivity index (χ3v) is 5.80. The number of hydrogen-bond acceptors (Lipinski definition) is 2. The minimum Gasteiger partial charge on any atom is -0.372 e. The molecule has 0 spiro atoms. The molecule has 2 nitrogen and oxygen atoms in total. The zero-order valence-corrected chi connectivity index (χ0v) is 14.8. The summed E-state index contributed by atoms with van der Waals surface area (Å²) in [6, 6.07) is 31.4. The van der Waals surface area contributed by atoms with Crippen LogP contribution in [-0.4, -0.2) is 20.2 Å². The number of rotatable bonds is 7. The molecular formula is C21H22NOP. The molecule has 3 rings (SSSR count). The van der Waals surface area contributed by atoms with Gasteiger partial charge >= 0.3 is 0 Å². The molecule has 0 heterocycles. The molecule has 3 aromatic rings. The van der Waals surface area contributed by atoms with Crippen LogP contribution in [0.25, 0.3) is 0 Å². The topological polar surface area (TPSA) is 12.5 Å². The number of hydrogen-bond donors (Lipinski definition) is 0. The quantitative estimate of drug-likeness (QED) is 0.601. The van der Waals surface area contributed by atoms with E-state index in [9.17, 15) is 0 Å². The number of anilines is 1. The molecule has 0 amide bonds. The predicted molar refractivity (Wildman–Crippen MR) is 105 cm³/mol. The van der Waals surface area contributed by atoms with Crippen molar-refractivity contribution in [2.75, 3.05) is 25.1 Å². The van der Waals surface area contributed by atoms with Gasteiger partial charge in [-0.15, -0.1) is 0 Å². The fourth-order valence-electron chi connectivity index (χ4n) is 2.51. The first-order valence-electron chi connectivity index (χ1n) is 8.14. The van der Waals surface area contributed by atoms with Crippen molar-refractivity contribution in [3.63, 3.8) is 0 Å². The lowest BCUT2D eigenvalue weighted by Crippen LogP contribution is -2.23. The molecule has 0 fully saturated rings. The lowest BCUT2D eigenvalue weighted by molar-refractivity contribution is 0.370. The Labute approximate surface area is 145 Å². The number of benzene rings is 3. The summed E-state index contributed by atoms with van der Waals surface area (Å²) < 4.78 is 6.33. The number of para-hydroxylation sites is 1. The Kier molecular flexibility index (Phi) is 6.01. The van der Waals surface area contributed by atoms with Gasteiger partial charge in [-0.25, -0.2) is 0 Å². The summed E-state index contributed by atoms with van der Waals surface area (Å²) in [4.78, 5) is 2.23. The van der Waals surface area contributed by atoms with E-state index in [0.717, 1.165) is 6.54 Å². The summed E-state index contributed by atoms with van der Waals surface area (Å²) in [6.45, 7) is 1.56. The molecule has 0 saturated carbocycles. The van der Waals surface area contributed by atoms with E-state index in [1.807, 2.05) is 18.2 Å². The van der Waals surface area contributed by atoms with E-state index in [0.29, 0.717) is 6.61 Å². The van der Waals surface area contributed by atoms with Gasteiger partial charge < -0.3 is 9.42 Å². The highest BCUT2D eigenvalue weighted by Gasteiger charge is 2.14. The summed E-state index contributed by atoms with van der Waals surface area (Å²) in [7, 11) is 1.33. The van der Waals surface area contributed by atoms with Gasteiger partial charge in [-0.2, -0.15) is 0 Å². The third-order valence-electron chi connectivity index (χ3n) is 3.83. The van der Waals surface area contributed by atoms with Gasteiger partial charge in [0.25, 0.3) is 0 Å². The van der Waals surface area contributed by atoms with Gasteiger partial charge in [0.1, 0.15) is 0 Å². The highest BCUT2D eigenvalue weighted by Crippen LogP contribution is 2.34. The summed E-state index contributed by atoms with van der Waals surface area (Å²) in [5.74, 6) is 0. The van der Waals surface area contributed by atoms with E-state index in [2.05, 4.69) is 84.7 Å². The van der Waals surface area contributed by atoms with Gasteiger partial charge in [0.2, 0.25) is 0 Å². The zero-order valence-electron chi connectivity index (χ0n) is 13.9. The van der Waals surface area contributed by atoms with Crippen LogP contribution in [0.5, 0.6) is 0 Å². The second-order valence-corrected chi connectivity index (χ2v) is 7.44. The summed E-state index contributed by atoms with van der Waals surface area (Å²) in [5, 5.41) is 2.50. The zero-order chi connectivity index (χ0) is 16.6. The second-order valence-electron chi connectivity index (χ2n) is 5.56. The molecule has 0 aromatic heterocycles. The second kappa shape index (κ2) is 8.63. The molecule has 0 N–H and O–H groups in total. The normalized spacial score (nSPS) is 10.8. The average Bonchev–Trinajstić information content (AvgIpc) is 2.67. The predicted octanol–water partition coefficient (Wildman–Crippen LogP) is 4.19. The highest BCUT2D eigenvalue weighted by molar-refractivity contribution is 7.68. The molecule has 0 radical (unpaired) electrons.